The number of rotatable bonds is 3. The molecule has 2 aromatic carbocycles. The summed E-state index contributed by atoms with van der Waals surface area (Å²) in [6.07, 6.45) is 3.87. The van der Waals surface area contributed by atoms with Gasteiger partial charge in [0, 0.05) is 0 Å². The predicted molar refractivity (Wildman–Crippen MR) is 66.9 cm³/mol. The Bertz CT molecular complexity index is 558. The van der Waals surface area contributed by atoms with E-state index in [0.717, 1.165) is 23.0 Å². The third-order valence-electron chi connectivity index (χ3n) is 2.45. The molecular weight excluding hydrogens is 215 g/mol. The number of benzene rings is 2. The Kier molecular flexibility index (Phi) is 3.46. The second-order valence-electron chi connectivity index (χ2n) is 3.59. The van der Waals surface area contributed by atoms with Crippen molar-refractivity contribution in [3.63, 3.8) is 0 Å². The highest BCUT2D eigenvalue weighted by molar-refractivity contribution is 5.80. The molecule has 0 bridgehead atoms. The lowest BCUT2D eigenvalue weighted by Gasteiger charge is -2.05. The first-order valence-electron chi connectivity index (χ1n) is 5.28. The van der Waals surface area contributed by atoms with Crippen LogP contribution in [0.2, 0.25) is 0 Å². The van der Waals surface area contributed by atoms with Crippen LogP contribution in [0.3, 0.4) is 0 Å². The molecule has 1 nitrogen and oxygen atoms in total. The molecule has 0 fully saturated rings. The summed E-state index contributed by atoms with van der Waals surface area (Å²) < 4.78 is 13.2. The first-order chi connectivity index (χ1) is 8.31. The highest BCUT2D eigenvalue weighted by atomic mass is 19.1. The van der Waals surface area contributed by atoms with E-state index in [2.05, 4.69) is 0 Å². The Labute approximate surface area is 99.2 Å². The molecule has 0 aromatic heterocycles. The normalized spacial score (nSPS) is 10.6. The Balaban J connectivity index is 2.51. The maximum atomic E-state index is 13.2. The number of aldehydes is 1. The van der Waals surface area contributed by atoms with Crippen molar-refractivity contribution in [1.82, 2.24) is 0 Å². The van der Waals surface area contributed by atoms with Crippen molar-refractivity contribution >= 4 is 12.4 Å². The predicted octanol–water partition coefficient (Wildman–Crippen LogP) is 3.70. The van der Waals surface area contributed by atoms with Gasteiger partial charge < -0.3 is 0 Å². The molecule has 0 aliphatic carbocycles. The lowest BCUT2D eigenvalue weighted by Crippen LogP contribution is -1.84. The number of carbonyl (C=O) groups is 1. The van der Waals surface area contributed by atoms with Gasteiger partial charge in [0.25, 0.3) is 0 Å². The van der Waals surface area contributed by atoms with Crippen molar-refractivity contribution in [1.29, 1.82) is 0 Å². The van der Waals surface area contributed by atoms with Crippen LogP contribution in [0.4, 0.5) is 4.39 Å². The molecule has 2 rings (SSSR count). The van der Waals surface area contributed by atoms with Crippen LogP contribution < -0.4 is 0 Å². The third kappa shape index (κ3) is 2.67. The fourth-order valence-corrected chi connectivity index (χ4v) is 1.70. The second kappa shape index (κ2) is 5.21. The number of hydrogen-bond donors (Lipinski definition) is 0. The van der Waals surface area contributed by atoms with E-state index in [0.29, 0.717) is 0 Å². The van der Waals surface area contributed by atoms with E-state index < -0.39 is 0 Å². The average molecular weight is 226 g/mol. The van der Waals surface area contributed by atoms with Crippen LogP contribution in [-0.4, -0.2) is 6.29 Å². The number of hydrogen-bond acceptors (Lipinski definition) is 1. The summed E-state index contributed by atoms with van der Waals surface area (Å²) >= 11 is 0. The molecule has 0 amide bonds. The summed E-state index contributed by atoms with van der Waals surface area (Å²) in [4.78, 5) is 10.3. The molecule has 0 saturated carbocycles. The van der Waals surface area contributed by atoms with Crippen LogP contribution in [0.25, 0.3) is 17.2 Å². The maximum Gasteiger partial charge on any atom is 0.142 e. The zero-order valence-electron chi connectivity index (χ0n) is 9.14. The van der Waals surface area contributed by atoms with Crippen molar-refractivity contribution < 1.29 is 9.18 Å². The highest BCUT2D eigenvalue weighted by Gasteiger charge is 2.02. The monoisotopic (exact) mass is 226 g/mol. The maximum absolute atomic E-state index is 13.2. The van der Waals surface area contributed by atoms with E-state index in [9.17, 15) is 9.18 Å². The number of halogens is 1. The van der Waals surface area contributed by atoms with Gasteiger partial charge in [-0.2, -0.15) is 0 Å². The Morgan fingerprint density at radius 2 is 1.82 bits per heavy atom. The third-order valence-corrected chi connectivity index (χ3v) is 2.45. The lowest BCUT2D eigenvalue weighted by molar-refractivity contribution is -0.104. The number of carbonyl (C=O) groups excluding carboxylic acids is 1. The fraction of sp³-hybridized carbons (Fsp3) is 0. The minimum Gasteiger partial charge on any atom is -0.299 e. The smallest absolute Gasteiger partial charge is 0.142 e. The molecule has 0 atom stereocenters. The molecule has 0 radical (unpaired) electrons. The van der Waals surface area contributed by atoms with Crippen molar-refractivity contribution in [2.75, 3.05) is 0 Å². The SMILES string of the molecule is O=C/C=C/c1ccccc1-c1cccc(F)c1. The summed E-state index contributed by atoms with van der Waals surface area (Å²) in [7, 11) is 0. The quantitative estimate of drug-likeness (QED) is 0.576. The van der Waals surface area contributed by atoms with Gasteiger partial charge >= 0.3 is 0 Å². The van der Waals surface area contributed by atoms with E-state index in [4.69, 9.17) is 0 Å². The molecule has 0 aliphatic heterocycles. The molecule has 84 valence electrons. The first-order valence-corrected chi connectivity index (χ1v) is 5.28. The van der Waals surface area contributed by atoms with Gasteiger partial charge in [-0.3, -0.25) is 4.79 Å². The van der Waals surface area contributed by atoms with Gasteiger partial charge in [0.15, 0.2) is 0 Å². The zero-order chi connectivity index (χ0) is 12.1. The van der Waals surface area contributed by atoms with Gasteiger partial charge in [-0.1, -0.05) is 42.5 Å². The zero-order valence-corrected chi connectivity index (χ0v) is 9.14. The van der Waals surface area contributed by atoms with Crippen LogP contribution in [0.15, 0.2) is 54.6 Å². The molecule has 0 heterocycles. The Morgan fingerprint density at radius 3 is 2.59 bits per heavy atom. The topological polar surface area (TPSA) is 17.1 Å². The first kappa shape index (κ1) is 11.3. The molecule has 0 saturated heterocycles. The largest absolute Gasteiger partial charge is 0.299 e. The minimum atomic E-state index is -0.267. The molecule has 2 heteroatoms. The summed E-state index contributed by atoms with van der Waals surface area (Å²) in [6.45, 7) is 0. The van der Waals surface area contributed by atoms with Gasteiger partial charge in [-0.25, -0.2) is 4.39 Å². The Morgan fingerprint density at radius 1 is 1.00 bits per heavy atom. The summed E-state index contributed by atoms with van der Waals surface area (Å²) in [5.41, 5.74) is 2.60. The Hall–Kier alpha value is -2.22. The molecule has 0 unspecified atom stereocenters. The lowest BCUT2D eigenvalue weighted by atomic mass is 9.99. The standard InChI is InChI=1S/C15H11FO/c16-14-8-3-6-13(11-14)15-9-2-1-5-12(15)7-4-10-17/h1-11H/b7-4+. The van der Waals surface area contributed by atoms with Gasteiger partial charge in [0.05, 0.1) is 0 Å². The second-order valence-corrected chi connectivity index (χ2v) is 3.59. The van der Waals surface area contributed by atoms with Gasteiger partial charge in [-0.15, -0.1) is 0 Å². The van der Waals surface area contributed by atoms with E-state index in [1.165, 1.54) is 18.2 Å². The van der Waals surface area contributed by atoms with Crippen molar-refractivity contribution in [2.24, 2.45) is 0 Å². The van der Waals surface area contributed by atoms with Crippen molar-refractivity contribution in [3.05, 3.63) is 66.0 Å². The van der Waals surface area contributed by atoms with E-state index in [1.807, 2.05) is 30.3 Å². The van der Waals surface area contributed by atoms with E-state index in [1.54, 1.807) is 12.1 Å². The van der Waals surface area contributed by atoms with Crippen LogP contribution in [0, 0.1) is 5.82 Å². The minimum absolute atomic E-state index is 0.267. The molecule has 0 N–H and O–H groups in total. The van der Waals surface area contributed by atoms with Crippen molar-refractivity contribution in [2.45, 2.75) is 0 Å². The van der Waals surface area contributed by atoms with Gasteiger partial charge in [-0.05, 0) is 34.9 Å². The number of allylic oxidation sites excluding steroid dienone is 1. The summed E-state index contributed by atoms with van der Waals surface area (Å²) in [6, 6.07) is 14.0. The summed E-state index contributed by atoms with van der Waals surface area (Å²) in [5, 5.41) is 0. The van der Waals surface area contributed by atoms with Gasteiger partial charge in [0.1, 0.15) is 12.1 Å². The fourth-order valence-electron chi connectivity index (χ4n) is 1.70. The molecule has 0 spiro atoms. The molecule has 2 aromatic rings. The highest BCUT2D eigenvalue weighted by Crippen LogP contribution is 2.25. The van der Waals surface area contributed by atoms with Gasteiger partial charge in [0.2, 0.25) is 0 Å². The van der Waals surface area contributed by atoms with Crippen LogP contribution >= 0.6 is 0 Å². The van der Waals surface area contributed by atoms with E-state index in [-0.39, 0.29) is 5.82 Å². The van der Waals surface area contributed by atoms with Crippen LogP contribution in [-0.2, 0) is 4.79 Å². The van der Waals surface area contributed by atoms with Crippen molar-refractivity contribution in [3.8, 4) is 11.1 Å². The summed E-state index contributed by atoms with van der Waals surface area (Å²) in [5.74, 6) is -0.267. The van der Waals surface area contributed by atoms with Crippen LogP contribution in [0.5, 0.6) is 0 Å². The molecule has 0 aliphatic rings. The molecule has 17 heavy (non-hydrogen) atoms. The molecular formula is C15H11FO. The van der Waals surface area contributed by atoms with E-state index >= 15 is 0 Å². The van der Waals surface area contributed by atoms with Crippen LogP contribution in [0.1, 0.15) is 5.56 Å². The average Bonchev–Trinajstić information content (AvgIpc) is 2.37.